The van der Waals surface area contributed by atoms with Gasteiger partial charge in [0.15, 0.2) is 0 Å². The third kappa shape index (κ3) is 4.75. The van der Waals surface area contributed by atoms with Gasteiger partial charge in [-0.25, -0.2) is 9.59 Å². The molecule has 0 radical (unpaired) electrons. The van der Waals surface area contributed by atoms with Gasteiger partial charge in [0.2, 0.25) is 0 Å². The minimum absolute atomic E-state index is 0.0116. The van der Waals surface area contributed by atoms with Gasteiger partial charge in [-0.05, 0) is 54.9 Å². The molecule has 0 bridgehead atoms. The van der Waals surface area contributed by atoms with Crippen molar-refractivity contribution in [3.05, 3.63) is 59.7 Å². The molecule has 1 heterocycles. The van der Waals surface area contributed by atoms with Gasteiger partial charge in [0.25, 0.3) is 5.91 Å². The number of nitrogens with one attached hydrogen (secondary N) is 1. The molecule has 35 heavy (non-hydrogen) atoms. The fourth-order valence-corrected chi connectivity index (χ4v) is 5.21. The third-order valence-electron chi connectivity index (χ3n) is 7.17. The summed E-state index contributed by atoms with van der Waals surface area (Å²) in [7, 11) is 0. The summed E-state index contributed by atoms with van der Waals surface area (Å²) in [5.41, 5.74) is 4.64. The molecule has 0 spiro atoms. The van der Waals surface area contributed by atoms with Crippen molar-refractivity contribution in [2.24, 2.45) is 0 Å². The van der Waals surface area contributed by atoms with Crippen LogP contribution in [-0.4, -0.2) is 65.4 Å². The Balaban J connectivity index is 1.12. The average molecular weight is 479 g/mol. The number of fused-ring (bicyclic) bond motifs is 3. The average Bonchev–Trinajstić information content (AvgIpc) is 3.48. The first-order valence-corrected chi connectivity index (χ1v) is 12.2. The molecule has 3 aliphatic rings. The fourth-order valence-electron chi connectivity index (χ4n) is 5.21. The van der Waals surface area contributed by atoms with Crippen LogP contribution in [0.3, 0.4) is 0 Å². The lowest BCUT2D eigenvalue weighted by Crippen LogP contribution is -2.49. The van der Waals surface area contributed by atoms with Gasteiger partial charge in [0, 0.05) is 18.5 Å². The molecule has 2 amide bonds. The van der Waals surface area contributed by atoms with Gasteiger partial charge in [-0.15, -0.1) is 0 Å². The Morgan fingerprint density at radius 1 is 1.03 bits per heavy atom. The molecule has 2 aliphatic carbocycles. The van der Waals surface area contributed by atoms with E-state index in [0.29, 0.717) is 12.8 Å². The summed E-state index contributed by atoms with van der Waals surface area (Å²) >= 11 is 0. The lowest BCUT2D eigenvalue weighted by atomic mass is 9.98. The summed E-state index contributed by atoms with van der Waals surface area (Å²) in [6.07, 6.45) is 1.25. The SMILES string of the molecule is CC(C(=O)O)N(C(=O)C1CCC(CNC(=O)OCC2c3ccccc3-c3ccccc32)O1)C1CC1. The number of hydrogen-bond acceptors (Lipinski definition) is 5. The van der Waals surface area contributed by atoms with Crippen LogP contribution < -0.4 is 5.32 Å². The first kappa shape index (κ1) is 23.4. The van der Waals surface area contributed by atoms with E-state index in [4.69, 9.17) is 9.47 Å². The molecule has 0 aromatic heterocycles. The summed E-state index contributed by atoms with van der Waals surface area (Å²) in [5, 5.41) is 12.1. The molecular formula is C27H30N2O6. The van der Waals surface area contributed by atoms with E-state index < -0.39 is 24.2 Å². The van der Waals surface area contributed by atoms with Gasteiger partial charge in [0.05, 0.1) is 6.10 Å². The summed E-state index contributed by atoms with van der Waals surface area (Å²) in [5.74, 6) is -1.30. The zero-order valence-electron chi connectivity index (χ0n) is 19.7. The number of amides is 2. The van der Waals surface area contributed by atoms with Crippen molar-refractivity contribution >= 4 is 18.0 Å². The van der Waals surface area contributed by atoms with Crippen molar-refractivity contribution in [3.8, 4) is 11.1 Å². The van der Waals surface area contributed by atoms with Crippen LogP contribution in [0.5, 0.6) is 0 Å². The van der Waals surface area contributed by atoms with Crippen LogP contribution in [0.1, 0.15) is 49.7 Å². The number of carbonyl (C=O) groups excluding carboxylic acids is 2. The summed E-state index contributed by atoms with van der Waals surface area (Å²) < 4.78 is 11.4. The Hall–Kier alpha value is -3.39. The van der Waals surface area contributed by atoms with Crippen molar-refractivity contribution < 1.29 is 29.0 Å². The van der Waals surface area contributed by atoms with E-state index in [9.17, 15) is 19.5 Å². The van der Waals surface area contributed by atoms with Crippen molar-refractivity contribution in [2.75, 3.05) is 13.2 Å². The fraction of sp³-hybridized carbons (Fsp3) is 0.444. The number of benzene rings is 2. The van der Waals surface area contributed by atoms with Gasteiger partial charge >= 0.3 is 12.1 Å². The molecule has 2 aromatic carbocycles. The maximum atomic E-state index is 12.9. The van der Waals surface area contributed by atoms with Crippen LogP contribution >= 0.6 is 0 Å². The quantitative estimate of drug-likeness (QED) is 0.601. The van der Waals surface area contributed by atoms with Gasteiger partial charge in [-0.2, -0.15) is 0 Å². The Morgan fingerprint density at radius 3 is 2.26 bits per heavy atom. The molecule has 184 valence electrons. The Morgan fingerprint density at radius 2 is 1.66 bits per heavy atom. The third-order valence-corrected chi connectivity index (χ3v) is 7.17. The molecule has 2 aromatic rings. The van der Waals surface area contributed by atoms with E-state index in [1.54, 1.807) is 0 Å². The van der Waals surface area contributed by atoms with Crippen molar-refractivity contribution in [1.82, 2.24) is 10.2 Å². The van der Waals surface area contributed by atoms with Gasteiger partial charge in [0.1, 0.15) is 18.8 Å². The molecule has 2 fully saturated rings. The highest BCUT2D eigenvalue weighted by Crippen LogP contribution is 2.44. The predicted molar refractivity (Wildman–Crippen MR) is 128 cm³/mol. The Bertz CT molecular complexity index is 1080. The van der Waals surface area contributed by atoms with Gasteiger partial charge < -0.3 is 24.8 Å². The number of rotatable bonds is 8. The van der Waals surface area contributed by atoms with E-state index in [1.165, 1.54) is 23.0 Å². The zero-order chi connectivity index (χ0) is 24.5. The molecule has 3 atom stereocenters. The number of alkyl carbamates (subject to hydrolysis) is 1. The predicted octanol–water partition coefficient (Wildman–Crippen LogP) is 3.54. The summed E-state index contributed by atoms with van der Waals surface area (Å²) in [6, 6.07) is 15.4. The molecule has 5 rings (SSSR count). The van der Waals surface area contributed by atoms with E-state index >= 15 is 0 Å². The largest absolute Gasteiger partial charge is 0.480 e. The van der Waals surface area contributed by atoms with E-state index in [0.717, 1.165) is 24.0 Å². The van der Waals surface area contributed by atoms with Crippen molar-refractivity contribution in [2.45, 2.75) is 62.8 Å². The molecular weight excluding hydrogens is 448 g/mol. The number of nitrogens with zero attached hydrogens (tertiary/aromatic N) is 1. The van der Waals surface area contributed by atoms with Crippen LogP contribution in [-0.2, 0) is 19.1 Å². The highest BCUT2D eigenvalue weighted by Gasteiger charge is 2.43. The Labute approximate surface area is 204 Å². The number of carboxylic acid groups (broad SMARTS) is 1. The lowest BCUT2D eigenvalue weighted by Gasteiger charge is -2.29. The number of carbonyl (C=O) groups is 3. The first-order chi connectivity index (χ1) is 16.9. The molecule has 3 unspecified atom stereocenters. The highest BCUT2D eigenvalue weighted by atomic mass is 16.6. The summed E-state index contributed by atoms with van der Waals surface area (Å²) in [4.78, 5) is 38.3. The van der Waals surface area contributed by atoms with Gasteiger partial charge in [-0.1, -0.05) is 48.5 Å². The van der Waals surface area contributed by atoms with Crippen LogP contribution in [0.4, 0.5) is 4.79 Å². The maximum Gasteiger partial charge on any atom is 0.407 e. The van der Waals surface area contributed by atoms with E-state index in [2.05, 4.69) is 29.6 Å². The van der Waals surface area contributed by atoms with Crippen LogP contribution in [0.2, 0.25) is 0 Å². The van der Waals surface area contributed by atoms with Crippen molar-refractivity contribution in [1.29, 1.82) is 0 Å². The normalized spacial score (nSPS) is 21.6. The number of ether oxygens (including phenoxy) is 2. The van der Waals surface area contributed by atoms with Crippen molar-refractivity contribution in [3.63, 3.8) is 0 Å². The van der Waals surface area contributed by atoms with Crippen LogP contribution in [0.25, 0.3) is 11.1 Å². The highest BCUT2D eigenvalue weighted by molar-refractivity contribution is 5.87. The van der Waals surface area contributed by atoms with Crippen LogP contribution in [0.15, 0.2) is 48.5 Å². The zero-order valence-corrected chi connectivity index (χ0v) is 19.7. The maximum absolute atomic E-state index is 12.9. The van der Waals surface area contributed by atoms with Gasteiger partial charge in [-0.3, -0.25) is 4.79 Å². The number of carboxylic acids is 1. The monoisotopic (exact) mass is 478 g/mol. The smallest absolute Gasteiger partial charge is 0.407 e. The molecule has 1 saturated carbocycles. The summed E-state index contributed by atoms with van der Waals surface area (Å²) in [6.45, 7) is 2.00. The minimum atomic E-state index is -1.02. The molecule has 8 heteroatoms. The molecule has 1 aliphatic heterocycles. The second kappa shape index (κ2) is 9.70. The second-order valence-corrected chi connectivity index (χ2v) is 9.52. The minimum Gasteiger partial charge on any atom is -0.480 e. The molecule has 8 nitrogen and oxygen atoms in total. The molecule has 2 N–H and O–H groups in total. The first-order valence-electron chi connectivity index (χ1n) is 12.2. The van der Waals surface area contributed by atoms with Crippen LogP contribution in [0, 0.1) is 0 Å². The number of hydrogen-bond donors (Lipinski definition) is 2. The lowest BCUT2D eigenvalue weighted by molar-refractivity contribution is -0.155. The standard InChI is InChI=1S/C27H30N2O6/c1-16(26(31)32)29(17-10-11-17)25(30)24-13-12-18(35-24)14-28-27(33)34-15-23-21-8-4-2-6-19(21)20-7-3-5-9-22(20)23/h2-9,16-18,23-24H,10-15H2,1H3,(H,28,33)(H,31,32). The number of aliphatic carboxylic acids is 1. The van der Waals surface area contributed by atoms with E-state index in [-0.39, 0.29) is 37.1 Å². The molecule has 1 saturated heterocycles. The Kier molecular flexibility index (Phi) is 6.47. The topological polar surface area (TPSA) is 105 Å². The van der Waals surface area contributed by atoms with E-state index in [1.807, 2.05) is 24.3 Å². The second-order valence-electron chi connectivity index (χ2n) is 9.52.